The summed E-state index contributed by atoms with van der Waals surface area (Å²) in [4.78, 5) is 19.3. The van der Waals surface area contributed by atoms with E-state index in [1.165, 1.54) is 6.20 Å². The Morgan fingerprint density at radius 3 is 2.90 bits per heavy atom. The zero-order chi connectivity index (χ0) is 15.0. The highest BCUT2D eigenvalue weighted by molar-refractivity contribution is 5.82. The van der Waals surface area contributed by atoms with E-state index in [1.54, 1.807) is 17.0 Å². The molecule has 0 radical (unpaired) electrons. The van der Waals surface area contributed by atoms with Crippen LogP contribution in [0.2, 0.25) is 0 Å². The van der Waals surface area contributed by atoms with E-state index in [1.807, 2.05) is 0 Å². The van der Waals surface area contributed by atoms with Gasteiger partial charge in [0.15, 0.2) is 0 Å². The molecule has 1 fully saturated rings. The maximum Gasteiger partial charge on any atom is 0.431 e. The summed E-state index contributed by atoms with van der Waals surface area (Å²) >= 11 is 0. The molecule has 2 aromatic heterocycles. The average Bonchev–Trinajstić information content (AvgIpc) is 2.78. The number of hydrogen-bond donors (Lipinski definition) is 2. The predicted molar refractivity (Wildman–Crippen MR) is 69.4 cm³/mol. The lowest BCUT2D eigenvalue weighted by Gasteiger charge is -2.26. The van der Waals surface area contributed by atoms with Crippen LogP contribution in [-0.4, -0.2) is 40.4 Å². The number of alkyl halides is 3. The van der Waals surface area contributed by atoms with Crippen LogP contribution < -0.4 is 5.32 Å². The highest BCUT2D eigenvalue weighted by Crippen LogP contribution is 2.35. The predicted octanol–water partition coefficient (Wildman–Crippen LogP) is 1.51. The number of pyridine rings is 1. The van der Waals surface area contributed by atoms with Gasteiger partial charge in [0, 0.05) is 36.8 Å². The Balaban J connectivity index is 2.01. The minimum absolute atomic E-state index is 0.0634. The second-order valence-electron chi connectivity index (χ2n) is 4.94. The molecule has 3 heterocycles. The first kappa shape index (κ1) is 13.9. The van der Waals surface area contributed by atoms with Crippen LogP contribution in [-0.2, 0) is 17.5 Å². The molecule has 0 aliphatic carbocycles. The molecule has 1 aliphatic heterocycles. The molecular weight excluding hydrogens is 285 g/mol. The molecule has 0 unspecified atom stereocenters. The number of piperazine rings is 1. The summed E-state index contributed by atoms with van der Waals surface area (Å²) in [5, 5.41) is 3.09. The van der Waals surface area contributed by atoms with Crippen molar-refractivity contribution < 1.29 is 18.0 Å². The second-order valence-corrected chi connectivity index (χ2v) is 4.94. The van der Waals surface area contributed by atoms with Gasteiger partial charge >= 0.3 is 6.18 Å². The third-order valence-electron chi connectivity index (χ3n) is 3.46. The smallest absolute Gasteiger partial charge is 0.354 e. The van der Waals surface area contributed by atoms with Crippen molar-refractivity contribution in [1.29, 1.82) is 0 Å². The van der Waals surface area contributed by atoms with Crippen LogP contribution in [0, 0.1) is 0 Å². The van der Waals surface area contributed by atoms with Crippen LogP contribution in [0.3, 0.4) is 0 Å². The zero-order valence-corrected chi connectivity index (χ0v) is 11.0. The molecule has 3 rings (SSSR count). The van der Waals surface area contributed by atoms with Crippen LogP contribution in [0.1, 0.15) is 11.3 Å². The number of nitrogens with one attached hydrogen (secondary N) is 2. The molecule has 21 heavy (non-hydrogen) atoms. The van der Waals surface area contributed by atoms with Gasteiger partial charge in [-0.25, -0.2) is 4.98 Å². The Bertz CT molecular complexity index is 680. The summed E-state index contributed by atoms with van der Waals surface area (Å²) in [6.07, 6.45) is -3.04. The Morgan fingerprint density at radius 2 is 2.19 bits per heavy atom. The number of rotatable bonds is 2. The zero-order valence-electron chi connectivity index (χ0n) is 11.0. The lowest BCUT2D eigenvalue weighted by atomic mass is 10.1. The van der Waals surface area contributed by atoms with E-state index in [0.717, 1.165) is 0 Å². The van der Waals surface area contributed by atoms with E-state index in [2.05, 4.69) is 15.3 Å². The average molecular weight is 298 g/mol. The molecule has 1 saturated heterocycles. The Labute approximate surface area is 118 Å². The minimum atomic E-state index is -4.48. The maximum atomic E-state index is 13.2. The van der Waals surface area contributed by atoms with E-state index in [4.69, 9.17) is 0 Å². The minimum Gasteiger partial charge on any atom is -0.354 e. The third-order valence-corrected chi connectivity index (χ3v) is 3.46. The first-order valence-corrected chi connectivity index (χ1v) is 6.47. The van der Waals surface area contributed by atoms with Crippen molar-refractivity contribution in [2.24, 2.45) is 0 Å². The molecule has 0 spiro atoms. The summed E-state index contributed by atoms with van der Waals surface area (Å²) in [6, 6.07) is 3.20. The lowest BCUT2D eigenvalue weighted by molar-refractivity contribution is -0.141. The largest absolute Gasteiger partial charge is 0.431 e. The van der Waals surface area contributed by atoms with E-state index < -0.39 is 11.9 Å². The van der Waals surface area contributed by atoms with Gasteiger partial charge in [-0.3, -0.25) is 9.69 Å². The summed E-state index contributed by atoms with van der Waals surface area (Å²) in [6.45, 7) is 1.13. The molecule has 1 amide bonds. The summed E-state index contributed by atoms with van der Waals surface area (Å²) in [5.74, 6) is -0.173. The van der Waals surface area contributed by atoms with E-state index in [-0.39, 0.29) is 30.2 Å². The van der Waals surface area contributed by atoms with Gasteiger partial charge in [-0.15, -0.1) is 0 Å². The highest BCUT2D eigenvalue weighted by Gasteiger charge is 2.37. The first-order valence-electron chi connectivity index (χ1n) is 6.47. The molecule has 5 nitrogen and oxygen atoms in total. The fraction of sp³-hybridized carbons (Fsp3) is 0.385. The molecule has 112 valence electrons. The molecule has 0 atom stereocenters. The lowest BCUT2D eigenvalue weighted by Crippen LogP contribution is -2.47. The van der Waals surface area contributed by atoms with Gasteiger partial charge in [-0.2, -0.15) is 13.2 Å². The number of amides is 1. The fourth-order valence-electron chi connectivity index (χ4n) is 2.53. The molecule has 1 aliphatic rings. The Kier molecular flexibility index (Phi) is 3.32. The number of hydrogen-bond acceptors (Lipinski definition) is 3. The summed E-state index contributed by atoms with van der Waals surface area (Å²) in [5.41, 5.74) is -0.441. The van der Waals surface area contributed by atoms with Gasteiger partial charge in [0.05, 0.1) is 6.54 Å². The monoisotopic (exact) mass is 298 g/mol. The van der Waals surface area contributed by atoms with E-state index in [0.29, 0.717) is 18.5 Å². The highest BCUT2D eigenvalue weighted by atomic mass is 19.4. The Hall–Kier alpha value is -2.09. The van der Waals surface area contributed by atoms with Crippen LogP contribution in [0.25, 0.3) is 11.0 Å². The summed E-state index contributed by atoms with van der Waals surface area (Å²) in [7, 11) is 0. The van der Waals surface area contributed by atoms with Crippen LogP contribution in [0.4, 0.5) is 13.2 Å². The van der Waals surface area contributed by atoms with Crippen molar-refractivity contribution >= 4 is 16.9 Å². The van der Waals surface area contributed by atoms with Gasteiger partial charge in [0.25, 0.3) is 0 Å². The van der Waals surface area contributed by atoms with Crippen LogP contribution in [0.5, 0.6) is 0 Å². The molecule has 8 heteroatoms. The number of H-pyrrole nitrogens is 1. The number of aromatic nitrogens is 2. The quantitative estimate of drug-likeness (QED) is 0.883. The molecular formula is C13H13F3N4O. The van der Waals surface area contributed by atoms with Gasteiger partial charge in [0.2, 0.25) is 5.91 Å². The number of halogens is 3. The Morgan fingerprint density at radius 1 is 1.38 bits per heavy atom. The van der Waals surface area contributed by atoms with E-state index in [9.17, 15) is 18.0 Å². The molecule has 0 saturated carbocycles. The first-order chi connectivity index (χ1) is 9.95. The molecule has 0 bridgehead atoms. The van der Waals surface area contributed by atoms with Crippen molar-refractivity contribution in [3.8, 4) is 0 Å². The number of carbonyl (C=O) groups excluding carboxylic acids is 1. The molecule has 2 aromatic rings. The van der Waals surface area contributed by atoms with Crippen molar-refractivity contribution in [2.45, 2.75) is 12.7 Å². The van der Waals surface area contributed by atoms with E-state index >= 15 is 0 Å². The van der Waals surface area contributed by atoms with Crippen molar-refractivity contribution in [2.75, 3.05) is 19.6 Å². The van der Waals surface area contributed by atoms with Crippen molar-refractivity contribution in [3.63, 3.8) is 0 Å². The van der Waals surface area contributed by atoms with Gasteiger partial charge < -0.3 is 10.3 Å². The third kappa shape index (κ3) is 2.71. The maximum absolute atomic E-state index is 13.2. The standard InChI is InChI=1S/C13H13F3N4O/c14-13(15,16)11-9(6-20-5-4-17-10(21)7-20)8-2-1-3-18-12(8)19-11/h1-3H,4-7H2,(H,17,21)(H,18,19). The van der Waals surface area contributed by atoms with Crippen molar-refractivity contribution in [1.82, 2.24) is 20.2 Å². The van der Waals surface area contributed by atoms with Gasteiger partial charge in [-0.05, 0) is 12.1 Å². The molecule has 2 N–H and O–H groups in total. The second kappa shape index (κ2) is 5.03. The molecule has 0 aromatic carbocycles. The number of aromatic amines is 1. The number of nitrogens with zero attached hydrogens (tertiary/aromatic N) is 2. The normalized spacial score (nSPS) is 17.2. The van der Waals surface area contributed by atoms with Crippen molar-refractivity contribution in [3.05, 3.63) is 29.6 Å². The number of carbonyl (C=O) groups is 1. The topological polar surface area (TPSA) is 61.0 Å². The van der Waals surface area contributed by atoms with Gasteiger partial charge in [0.1, 0.15) is 11.3 Å². The SMILES string of the molecule is O=C1CN(Cc2c(C(F)(F)F)[nH]c3ncccc23)CCN1. The summed E-state index contributed by atoms with van der Waals surface area (Å²) < 4.78 is 39.5. The van der Waals surface area contributed by atoms with Gasteiger partial charge in [-0.1, -0.05) is 0 Å². The number of fused-ring (bicyclic) bond motifs is 1. The van der Waals surface area contributed by atoms with Crippen LogP contribution in [0.15, 0.2) is 18.3 Å². The fourth-order valence-corrected chi connectivity index (χ4v) is 2.53. The van der Waals surface area contributed by atoms with Crippen LogP contribution >= 0.6 is 0 Å².